The summed E-state index contributed by atoms with van der Waals surface area (Å²) in [6.45, 7) is 6.49. The smallest absolute Gasteiger partial charge is 0.348 e. The van der Waals surface area contributed by atoms with Crippen LogP contribution in [-0.4, -0.2) is 40.1 Å². The highest BCUT2D eigenvalue weighted by Gasteiger charge is 2.34. The number of rotatable bonds is 16. The van der Waals surface area contributed by atoms with E-state index in [1.807, 2.05) is 13.0 Å². The number of ether oxygens (including phenoxy) is 2. The van der Waals surface area contributed by atoms with Gasteiger partial charge in [-0.1, -0.05) is 63.8 Å². The van der Waals surface area contributed by atoms with Gasteiger partial charge in [0.2, 0.25) is 5.67 Å². The van der Waals surface area contributed by atoms with Gasteiger partial charge in [-0.25, -0.2) is 27.9 Å². The highest BCUT2D eigenvalue weighted by Crippen LogP contribution is 2.32. The van der Waals surface area contributed by atoms with Crippen molar-refractivity contribution in [3.8, 4) is 34.0 Å². The van der Waals surface area contributed by atoms with E-state index < -0.39 is 30.1 Å². The van der Waals surface area contributed by atoms with Gasteiger partial charge >= 0.3 is 5.97 Å². The molecule has 4 unspecified atom stereocenters. The van der Waals surface area contributed by atoms with Gasteiger partial charge in [0.25, 0.3) is 0 Å². The van der Waals surface area contributed by atoms with Crippen LogP contribution in [0.4, 0.5) is 13.2 Å². The third-order valence-corrected chi connectivity index (χ3v) is 7.02. The maximum absolute atomic E-state index is 14.8. The van der Waals surface area contributed by atoms with Gasteiger partial charge in [-0.05, 0) is 69.4 Å². The van der Waals surface area contributed by atoms with E-state index in [9.17, 15) is 18.0 Å². The van der Waals surface area contributed by atoms with Gasteiger partial charge in [0, 0.05) is 18.0 Å². The Kier molecular flexibility index (Phi) is 12.2. The molecule has 0 bridgehead atoms. The zero-order valence-corrected chi connectivity index (χ0v) is 24.4. The number of hydrogen-bond donors (Lipinski definition) is 0. The Morgan fingerprint density at radius 3 is 2.20 bits per heavy atom. The highest BCUT2D eigenvalue weighted by molar-refractivity contribution is 5.81. The largest absolute Gasteiger partial charge is 0.487 e. The number of hydrogen-bond acceptors (Lipinski definition) is 5. The number of aromatic nitrogens is 2. The second-order valence-electron chi connectivity index (χ2n) is 10.6. The molecule has 0 aliphatic rings. The molecule has 0 fully saturated rings. The molecule has 5 nitrogen and oxygen atoms in total. The Hall–Kier alpha value is -3.42. The van der Waals surface area contributed by atoms with Crippen molar-refractivity contribution in [2.75, 3.05) is 0 Å². The minimum absolute atomic E-state index is 0.112. The third-order valence-electron chi connectivity index (χ3n) is 7.02. The molecule has 4 atom stereocenters. The molecule has 3 aromatic rings. The van der Waals surface area contributed by atoms with E-state index in [0.29, 0.717) is 35.5 Å². The minimum Gasteiger partial charge on any atom is -0.487 e. The summed E-state index contributed by atoms with van der Waals surface area (Å²) in [7, 11) is 0. The van der Waals surface area contributed by atoms with E-state index >= 15 is 0 Å². The number of halogens is 3. The first-order chi connectivity index (χ1) is 19.7. The van der Waals surface area contributed by atoms with Gasteiger partial charge in [-0.15, -0.1) is 0 Å². The minimum atomic E-state index is -2.04. The molecule has 0 spiro atoms. The Morgan fingerprint density at radius 2 is 1.56 bits per heavy atom. The maximum atomic E-state index is 14.8. The number of carbonyl (C=O) groups is 1. The molecule has 0 aliphatic heterocycles. The number of esters is 1. The first kappa shape index (κ1) is 32.1. The summed E-state index contributed by atoms with van der Waals surface area (Å²) in [5, 5.41) is 0. The highest BCUT2D eigenvalue weighted by atomic mass is 19.2. The molecule has 0 amide bonds. The van der Waals surface area contributed by atoms with Crippen LogP contribution in [0.1, 0.15) is 79.1 Å². The summed E-state index contributed by atoms with van der Waals surface area (Å²) in [5.41, 5.74) is 0.0326. The lowest BCUT2D eigenvalue weighted by molar-refractivity contribution is -0.147. The van der Waals surface area contributed by atoms with Crippen molar-refractivity contribution in [1.29, 1.82) is 0 Å². The van der Waals surface area contributed by atoms with Crippen LogP contribution in [-0.2, 0) is 4.79 Å². The van der Waals surface area contributed by atoms with Crippen LogP contribution in [0.2, 0.25) is 0 Å². The van der Waals surface area contributed by atoms with Crippen molar-refractivity contribution < 1.29 is 27.4 Å². The first-order valence-corrected chi connectivity index (χ1v) is 14.5. The molecule has 2 aromatic carbocycles. The molecular formula is C33H41F3N2O3. The zero-order valence-electron chi connectivity index (χ0n) is 24.4. The van der Waals surface area contributed by atoms with E-state index in [0.717, 1.165) is 37.7 Å². The van der Waals surface area contributed by atoms with Gasteiger partial charge in [0.1, 0.15) is 23.8 Å². The van der Waals surface area contributed by atoms with Crippen LogP contribution in [0.3, 0.4) is 0 Å². The van der Waals surface area contributed by atoms with Gasteiger partial charge in [0.05, 0.1) is 5.56 Å². The molecule has 0 aliphatic carbocycles. The Morgan fingerprint density at radius 1 is 0.902 bits per heavy atom. The predicted octanol–water partition coefficient (Wildman–Crippen LogP) is 9.05. The second kappa shape index (κ2) is 15.5. The Labute approximate surface area is 241 Å². The van der Waals surface area contributed by atoms with Crippen molar-refractivity contribution in [3.63, 3.8) is 0 Å². The standard InChI is InChI=1S/C33H41F3N2O3/c1-5-7-9-10-15-29(30(35)23(3)34)41-28-14-12-11-13-27(28)31-37-21-25(22-38-31)24-16-18-26(19-17-24)40-32(39)33(4,36)20-8-6-2/h11-14,16-19,21-23,29-30H,5-10,15,20H2,1-4H3. The summed E-state index contributed by atoms with van der Waals surface area (Å²) < 4.78 is 54.6. The van der Waals surface area contributed by atoms with E-state index in [-0.39, 0.29) is 12.2 Å². The Balaban J connectivity index is 1.73. The normalized spacial score (nSPS) is 15.0. The fourth-order valence-corrected chi connectivity index (χ4v) is 4.42. The monoisotopic (exact) mass is 570 g/mol. The lowest BCUT2D eigenvalue weighted by Gasteiger charge is -2.24. The number of nitrogens with zero attached hydrogens (tertiary/aromatic N) is 2. The topological polar surface area (TPSA) is 61.3 Å². The molecule has 0 saturated carbocycles. The van der Waals surface area contributed by atoms with Crippen molar-refractivity contribution in [2.45, 2.75) is 103 Å². The summed E-state index contributed by atoms with van der Waals surface area (Å²) in [6, 6.07) is 13.8. The maximum Gasteiger partial charge on any atom is 0.348 e. The SMILES string of the molecule is CCCCCCC(Oc1ccccc1-c1ncc(-c2ccc(OC(=O)C(C)(F)CCCC)cc2)cn1)C(F)C(C)F. The van der Waals surface area contributed by atoms with E-state index in [4.69, 9.17) is 9.47 Å². The van der Waals surface area contributed by atoms with Crippen LogP contribution >= 0.6 is 0 Å². The van der Waals surface area contributed by atoms with Crippen molar-refractivity contribution in [3.05, 3.63) is 60.9 Å². The number of alkyl halides is 3. The van der Waals surface area contributed by atoms with Crippen LogP contribution < -0.4 is 9.47 Å². The number of para-hydroxylation sites is 1. The van der Waals surface area contributed by atoms with E-state index in [1.54, 1.807) is 54.9 Å². The zero-order chi connectivity index (χ0) is 29.8. The number of unbranched alkanes of at least 4 members (excludes halogenated alkanes) is 4. The molecule has 0 radical (unpaired) electrons. The van der Waals surface area contributed by atoms with E-state index in [1.165, 1.54) is 13.8 Å². The molecule has 41 heavy (non-hydrogen) atoms. The average molecular weight is 571 g/mol. The average Bonchev–Trinajstić information content (AvgIpc) is 2.98. The van der Waals surface area contributed by atoms with Crippen LogP contribution in [0, 0.1) is 0 Å². The lowest BCUT2D eigenvalue weighted by atomic mass is 10.0. The van der Waals surface area contributed by atoms with E-state index in [2.05, 4.69) is 16.9 Å². The summed E-state index contributed by atoms with van der Waals surface area (Å²) >= 11 is 0. The van der Waals surface area contributed by atoms with Gasteiger partial charge in [-0.2, -0.15) is 0 Å². The molecule has 0 saturated heterocycles. The summed E-state index contributed by atoms with van der Waals surface area (Å²) in [5.74, 6) is 0.128. The third kappa shape index (κ3) is 9.30. The van der Waals surface area contributed by atoms with Crippen LogP contribution in [0.25, 0.3) is 22.5 Å². The number of carbonyl (C=O) groups excluding carboxylic acids is 1. The molecule has 3 rings (SSSR count). The molecule has 0 N–H and O–H groups in total. The quantitative estimate of drug-likeness (QED) is 0.0977. The lowest BCUT2D eigenvalue weighted by Crippen LogP contribution is -2.34. The molecule has 1 aromatic heterocycles. The van der Waals surface area contributed by atoms with Crippen molar-refractivity contribution in [2.24, 2.45) is 0 Å². The van der Waals surface area contributed by atoms with Gasteiger partial charge < -0.3 is 9.47 Å². The molecular weight excluding hydrogens is 529 g/mol. The van der Waals surface area contributed by atoms with Crippen molar-refractivity contribution >= 4 is 5.97 Å². The van der Waals surface area contributed by atoms with Crippen LogP contribution in [0.5, 0.6) is 11.5 Å². The molecule has 1 heterocycles. The summed E-state index contributed by atoms with van der Waals surface area (Å²) in [6.07, 6.45) is 4.68. The van der Waals surface area contributed by atoms with Gasteiger partial charge in [0.15, 0.2) is 12.0 Å². The van der Waals surface area contributed by atoms with Crippen molar-refractivity contribution in [1.82, 2.24) is 9.97 Å². The number of benzene rings is 2. The fourth-order valence-electron chi connectivity index (χ4n) is 4.42. The Bertz CT molecular complexity index is 1220. The predicted molar refractivity (Wildman–Crippen MR) is 156 cm³/mol. The summed E-state index contributed by atoms with van der Waals surface area (Å²) in [4.78, 5) is 21.2. The molecule has 8 heteroatoms. The molecule has 222 valence electrons. The first-order valence-electron chi connectivity index (χ1n) is 14.5. The second-order valence-corrected chi connectivity index (χ2v) is 10.6. The van der Waals surface area contributed by atoms with Gasteiger partial charge in [-0.3, -0.25) is 0 Å². The van der Waals surface area contributed by atoms with Crippen LogP contribution in [0.15, 0.2) is 60.9 Å². The fraction of sp³-hybridized carbons (Fsp3) is 0.485.